The van der Waals surface area contributed by atoms with Crippen molar-refractivity contribution in [3.8, 4) is 11.3 Å². The zero-order valence-corrected chi connectivity index (χ0v) is 13.8. The minimum atomic E-state index is 0.866. The molecule has 0 fully saturated rings. The van der Waals surface area contributed by atoms with Crippen LogP contribution in [0.1, 0.15) is 12.0 Å². The second-order valence-corrected chi connectivity index (χ2v) is 6.15. The topological polar surface area (TPSA) is 35.6 Å². The van der Waals surface area contributed by atoms with Crippen LogP contribution in [0.15, 0.2) is 67.0 Å². The molecule has 0 aliphatic heterocycles. The molecule has 0 unspecified atom stereocenters. The molecule has 0 bridgehead atoms. The summed E-state index contributed by atoms with van der Waals surface area (Å²) in [5, 5.41) is 9.83. The summed E-state index contributed by atoms with van der Waals surface area (Å²) in [5.41, 5.74) is 4.59. The van der Waals surface area contributed by atoms with Gasteiger partial charge in [0.15, 0.2) is 0 Å². The van der Waals surface area contributed by atoms with Gasteiger partial charge in [0.2, 0.25) is 0 Å². The smallest absolute Gasteiger partial charge is 0.113 e. The van der Waals surface area contributed by atoms with Crippen LogP contribution in [-0.2, 0) is 13.1 Å². The summed E-state index contributed by atoms with van der Waals surface area (Å²) >= 11 is 0. The van der Waals surface area contributed by atoms with E-state index in [2.05, 4.69) is 82.6 Å². The maximum Gasteiger partial charge on any atom is 0.113 e. The SMILES string of the molecule is Cc1ccc(-c2cn(CCCn3ccc4ccccc43)nn2)cc1. The lowest BCUT2D eigenvalue weighted by Crippen LogP contribution is -2.03. The van der Waals surface area contributed by atoms with Gasteiger partial charge in [0.25, 0.3) is 0 Å². The highest BCUT2D eigenvalue weighted by molar-refractivity contribution is 5.79. The van der Waals surface area contributed by atoms with E-state index in [1.54, 1.807) is 0 Å². The van der Waals surface area contributed by atoms with Gasteiger partial charge in [0.1, 0.15) is 5.69 Å². The van der Waals surface area contributed by atoms with Crippen molar-refractivity contribution >= 4 is 10.9 Å². The third-order valence-electron chi connectivity index (χ3n) is 4.35. The van der Waals surface area contributed by atoms with E-state index in [-0.39, 0.29) is 0 Å². The van der Waals surface area contributed by atoms with Crippen molar-refractivity contribution in [2.24, 2.45) is 0 Å². The van der Waals surface area contributed by atoms with Crippen molar-refractivity contribution in [1.82, 2.24) is 19.6 Å². The first-order valence-electron chi connectivity index (χ1n) is 8.31. The number of hydrogen-bond donors (Lipinski definition) is 0. The van der Waals surface area contributed by atoms with Gasteiger partial charge in [-0.15, -0.1) is 5.10 Å². The highest BCUT2D eigenvalue weighted by atomic mass is 15.4. The van der Waals surface area contributed by atoms with Gasteiger partial charge in [0, 0.05) is 30.4 Å². The van der Waals surface area contributed by atoms with Crippen molar-refractivity contribution < 1.29 is 0 Å². The molecule has 2 aromatic carbocycles. The number of nitrogens with zero attached hydrogens (tertiary/aromatic N) is 4. The summed E-state index contributed by atoms with van der Waals surface area (Å²) in [6.07, 6.45) is 5.21. The Morgan fingerprint density at radius 2 is 1.75 bits per heavy atom. The Morgan fingerprint density at radius 3 is 2.62 bits per heavy atom. The summed E-state index contributed by atoms with van der Waals surface area (Å²) in [6, 6.07) is 19.0. The molecule has 0 atom stereocenters. The maximum absolute atomic E-state index is 4.29. The van der Waals surface area contributed by atoms with Crippen molar-refractivity contribution in [3.63, 3.8) is 0 Å². The molecule has 0 saturated carbocycles. The molecule has 0 saturated heterocycles. The van der Waals surface area contributed by atoms with Gasteiger partial charge in [-0.05, 0) is 30.9 Å². The van der Waals surface area contributed by atoms with E-state index in [0.717, 1.165) is 30.8 Å². The molecule has 2 aromatic heterocycles. The minimum Gasteiger partial charge on any atom is -0.347 e. The minimum absolute atomic E-state index is 0.866. The lowest BCUT2D eigenvalue weighted by molar-refractivity contribution is 0.520. The quantitative estimate of drug-likeness (QED) is 0.550. The van der Waals surface area contributed by atoms with E-state index in [9.17, 15) is 0 Å². The van der Waals surface area contributed by atoms with Crippen molar-refractivity contribution in [3.05, 3.63) is 72.6 Å². The van der Waals surface area contributed by atoms with Crippen LogP contribution in [0.25, 0.3) is 22.2 Å². The molecule has 24 heavy (non-hydrogen) atoms. The van der Waals surface area contributed by atoms with Crippen molar-refractivity contribution in [2.75, 3.05) is 0 Å². The molecule has 0 amide bonds. The van der Waals surface area contributed by atoms with Gasteiger partial charge < -0.3 is 4.57 Å². The molecule has 0 N–H and O–H groups in total. The van der Waals surface area contributed by atoms with Gasteiger partial charge in [0.05, 0.1) is 6.20 Å². The Morgan fingerprint density at radius 1 is 0.917 bits per heavy atom. The molecule has 4 heteroatoms. The molecule has 4 rings (SSSR count). The summed E-state index contributed by atoms with van der Waals surface area (Å²) < 4.78 is 4.23. The Labute approximate surface area is 141 Å². The van der Waals surface area contributed by atoms with Crippen LogP contribution in [0.4, 0.5) is 0 Å². The second kappa shape index (κ2) is 6.32. The highest BCUT2D eigenvalue weighted by Crippen LogP contribution is 2.17. The number of fused-ring (bicyclic) bond motifs is 1. The molecule has 0 aliphatic carbocycles. The average molecular weight is 316 g/mol. The fraction of sp³-hybridized carbons (Fsp3) is 0.200. The van der Waals surface area contributed by atoms with Gasteiger partial charge in [-0.2, -0.15) is 0 Å². The number of para-hydroxylation sites is 1. The molecular weight excluding hydrogens is 296 g/mol. The van der Waals surface area contributed by atoms with Crippen LogP contribution in [0, 0.1) is 6.92 Å². The molecule has 120 valence electrons. The second-order valence-electron chi connectivity index (χ2n) is 6.15. The standard InChI is InChI=1S/C20H20N4/c1-16-7-9-17(10-8-16)19-15-24(22-21-19)13-4-12-23-14-11-18-5-2-3-6-20(18)23/h2-3,5-11,14-15H,4,12-13H2,1H3. The molecule has 0 radical (unpaired) electrons. The van der Waals surface area contributed by atoms with Gasteiger partial charge in [-0.3, -0.25) is 4.68 Å². The van der Waals surface area contributed by atoms with E-state index >= 15 is 0 Å². The van der Waals surface area contributed by atoms with Crippen molar-refractivity contribution in [2.45, 2.75) is 26.4 Å². The van der Waals surface area contributed by atoms with E-state index < -0.39 is 0 Å². The normalized spacial score (nSPS) is 11.2. The van der Waals surface area contributed by atoms with Crippen LogP contribution in [0.3, 0.4) is 0 Å². The fourth-order valence-corrected chi connectivity index (χ4v) is 3.00. The lowest BCUT2D eigenvalue weighted by Gasteiger charge is -2.05. The Kier molecular flexibility index (Phi) is 3.87. The number of hydrogen-bond acceptors (Lipinski definition) is 2. The summed E-state index contributed by atoms with van der Waals surface area (Å²) in [4.78, 5) is 0. The number of rotatable bonds is 5. The van der Waals surface area contributed by atoms with E-state index in [0.29, 0.717) is 0 Å². The summed E-state index contributed by atoms with van der Waals surface area (Å²) in [7, 11) is 0. The van der Waals surface area contributed by atoms with Gasteiger partial charge in [-0.1, -0.05) is 53.2 Å². The first kappa shape index (κ1) is 14.7. The average Bonchev–Trinajstić information content (AvgIpc) is 3.23. The Hall–Kier alpha value is -2.88. The van der Waals surface area contributed by atoms with Crippen LogP contribution < -0.4 is 0 Å². The largest absolute Gasteiger partial charge is 0.347 e. The van der Waals surface area contributed by atoms with Gasteiger partial charge in [-0.25, -0.2) is 0 Å². The summed E-state index contributed by atoms with van der Waals surface area (Å²) in [6.45, 7) is 3.93. The predicted molar refractivity (Wildman–Crippen MR) is 96.8 cm³/mol. The third kappa shape index (κ3) is 2.95. The monoisotopic (exact) mass is 316 g/mol. The van der Waals surface area contributed by atoms with Crippen LogP contribution in [0.5, 0.6) is 0 Å². The van der Waals surface area contributed by atoms with E-state index in [1.165, 1.54) is 16.5 Å². The number of aryl methyl sites for hydroxylation is 3. The number of aromatic nitrogens is 4. The fourth-order valence-electron chi connectivity index (χ4n) is 3.00. The van der Waals surface area contributed by atoms with Crippen molar-refractivity contribution in [1.29, 1.82) is 0 Å². The highest BCUT2D eigenvalue weighted by Gasteiger charge is 2.04. The third-order valence-corrected chi connectivity index (χ3v) is 4.35. The Bertz CT molecular complexity index is 947. The van der Waals surface area contributed by atoms with Crippen LogP contribution in [-0.4, -0.2) is 19.6 Å². The zero-order valence-electron chi connectivity index (χ0n) is 13.8. The molecule has 4 nitrogen and oxygen atoms in total. The molecular formula is C20H20N4. The molecule has 0 spiro atoms. The zero-order chi connectivity index (χ0) is 16.4. The maximum atomic E-state index is 4.29. The molecule has 0 aliphatic rings. The number of benzene rings is 2. The van der Waals surface area contributed by atoms with Gasteiger partial charge >= 0.3 is 0 Å². The van der Waals surface area contributed by atoms with Crippen LogP contribution in [0.2, 0.25) is 0 Å². The first-order valence-corrected chi connectivity index (χ1v) is 8.31. The van der Waals surface area contributed by atoms with E-state index in [4.69, 9.17) is 0 Å². The molecule has 2 heterocycles. The Balaban J connectivity index is 1.41. The van der Waals surface area contributed by atoms with E-state index in [1.807, 2.05) is 10.9 Å². The first-order chi connectivity index (χ1) is 11.8. The molecule has 4 aromatic rings. The van der Waals surface area contributed by atoms with Crippen LogP contribution >= 0.6 is 0 Å². The predicted octanol–water partition coefficient (Wildman–Crippen LogP) is 4.30. The summed E-state index contributed by atoms with van der Waals surface area (Å²) in [5.74, 6) is 0. The lowest BCUT2D eigenvalue weighted by atomic mass is 10.1.